The van der Waals surface area contributed by atoms with E-state index < -0.39 is 5.60 Å². The number of hydrogen-bond acceptors (Lipinski definition) is 4. The van der Waals surface area contributed by atoms with Crippen LogP contribution in [0.4, 0.5) is 4.79 Å². The third-order valence-corrected chi connectivity index (χ3v) is 3.28. The van der Waals surface area contributed by atoms with Crippen LogP contribution in [-0.4, -0.2) is 47.9 Å². The van der Waals surface area contributed by atoms with Gasteiger partial charge in [-0.15, -0.1) is 0 Å². The average molecular weight is 242 g/mol. The zero-order chi connectivity index (χ0) is 12.7. The minimum atomic E-state index is -0.468. The number of ether oxygens (including phenoxy) is 2. The van der Waals surface area contributed by atoms with E-state index in [4.69, 9.17) is 15.2 Å². The van der Waals surface area contributed by atoms with Crippen LogP contribution in [0.15, 0.2) is 0 Å². The number of carbonyl (C=O) groups is 1. The molecule has 1 heterocycles. The maximum Gasteiger partial charge on any atom is 0.410 e. The van der Waals surface area contributed by atoms with E-state index in [1.807, 2.05) is 20.8 Å². The SMILES string of the molecule is CC(C)(C)OC(=O)N1CCCOCC12CC2N. The van der Waals surface area contributed by atoms with Gasteiger partial charge in [0.2, 0.25) is 0 Å². The van der Waals surface area contributed by atoms with Crippen molar-refractivity contribution < 1.29 is 14.3 Å². The molecule has 2 rings (SSSR count). The quantitative estimate of drug-likeness (QED) is 0.691. The Morgan fingerprint density at radius 3 is 2.71 bits per heavy atom. The van der Waals surface area contributed by atoms with Crippen molar-refractivity contribution >= 4 is 6.09 Å². The molecule has 2 unspecified atom stereocenters. The smallest absolute Gasteiger partial charge is 0.410 e. The lowest BCUT2D eigenvalue weighted by Crippen LogP contribution is -2.49. The zero-order valence-electron chi connectivity index (χ0n) is 10.9. The molecule has 0 aromatic carbocycles. The van der Waals surface area contributed by atoms with E-state index in [1.54, 1.807) is 4.90 Å². The lowest BCUT2D eigenvalue weighted by Gasteiger charge is -2.32. The molecule has 1 spiro atoms. The molecule has 1 saturated carbocycles. The van der Waals surface area contributed by atoms with Gasteiger partial charge in [-0.3, -0.25) is 4.90 Å². The average Bonchev–Trinajstić information content (AvgIpc) is 2.86. The Morgan fingerprint density at radius 1 is 1.53 bits per heavy atom. The normalized spacial score (nSPS) is 33.4. The summed E-state index contributed by atoms with van der Waals surface area (Å²) in [5, 5.41) is 0. The molecule has 0 bridgehead atoms. The Labute approximate surface area is 102 Å². The van der Waals surface area contributed by atoms with Crippen LogP contribution in [0.2, 0.25) is 0 Å². The van der Waals surface area contributed by atoms with Gasteiger partial charge >= 0.3 is 6.09 Å². The lowest BCUT2D eigenvalue weighted by atomic mass is 10.2. The molecule has 0 aromatic rings. The first kappa shape index (κ1) is 12.6. The van der Waals surface area contributed by atoms with E-state index in [0.29, 0.717) is 19.8 Å². The van der Waals surface area contributed by atoms with Gasteiger partial charge in [-0.05, 0) is 33.6 Å². The summed E-state index contributed by atoms with van der Waals surface area (Å²) >= 11 is 0. The Morgan fingerprint density at radius 2 is 2.18 bits per heavy atom. The molecule has 5 nitrogen and oxygen atoms in total. The topological polar surface area (TPSA) is 64.8 Å². The molecule has 2 N–H and O–H groups in total. The highest BCUT2D eigenvalue weighted by Crippen LogP contribution is 2.42. The molecular formula is C12H22N2O3. The summed E-state index contributed by atoms with van der Waals surface area (Å²) in [5.74, 6) is 0. The maximum absolute atomic E-state index is 12.2. The van der Waals surface area contributed by atoms with Crippen LogP contribution in [0.3, 0.4) is 0 Å². The molecule has 1 saturated heterocycles. The van der Waals surface area contributed by atoms with Gasteiger partial charge in [0.15, 0.2) is 0 Å². The van der Waals surface area contributed by atoms with Crippen molar-refractivity contribution in [3.05, 3.63) is 0 Å². The monoisotopic (exact) mass is 242 g/mol. The summed E-state index contributed by atoms with van der Waals surface area (Å²) in [7, 11) is 0. The van der Waals surface area contributed by atoms with Crippen molar-refractivity contribution in [2.45, 2.75) is 50.8 Å². The largest absolute Gasteiger partial charge is 0.444 e. The minimum Gasteiger partial charge on any atom is -0.444 e. The molecule has 0 radical (unpaired) electrons. The van der Waals surface area contributed by atoms with Crippen molar-refractivity contribution in [1.82, 2.24) is 4.90 Å². The lowest BCUT2D eigenvalue weighted by molar-refractivity contribution is 0.00683. The van der Waals surface area contributed by atoms with Gasteiger partial charge in [-0.2, -0.15) is 0 Å². The number of amides is 1. The van der Waals surface area contributed by atoms with Gasteiger partial charge in [0.05, 0.1) is 12.1 Å². The molecule has 0 aromatic heterocycles. The van der Waals surface area contributed by atoms with Gasteiger partial charge in [-0.25, -0.2) is 4.79 Å². The minimum absolute atomic E-state index is 0.0214. The van der Waals surface area contributed by atoms with E-state index in [2.05, 4.69) is 0 Å². The predicted octanol–water partition coefficient (Wildman–Crippen LogP) is 1.11. The van der Waals surface area contributed by atoms with Crippen LogP contribution in [0.5, 0.6) is 0 Å². The number of hydrogen-bond donors (Lipinski definition) is 1. The molecule has 2 atom stereocenters. The van der Waals surface area contributed by atoms with Crippen molar-refractivity contribution in [1.29, 1.82) is 0 Å². The highest BCUT2D eigenvalue weighted by Gasteiger charge is 2.59. The molecule has 1 aliphatic heterocycles. The summed E-state index contributed by atoms with van der Waals surface area (Å²) in [6.45, 7) is 7.51. The maximum atomic E-state index is 12.2. The second-order valence-electron chi connectivity index (χ2n) is 5.95. The third kappa shape index (κ3) is 2.55. The molecule has 2 fully saturated rings. The molecule has 1 aliphatic carbocycles. The molecule has 2 aliphatic rings. The van der Waals surface area contributed by atoms with Gasteiger partial charge in [0.1, 0.15) is 5.60 Å². The summed E-state index contributed by atoms with van der Waals surface area (Å²) in [6, 6.07) is 0.0214. The van der Waals surface area contributed by atoms with E-state index in [1.165, 1.54) is 0 Å². The standard InChI is InChI=1S/C12H22N2O3/c1-11(2,3)17-10(15)14-5-4-6-16-8-12(14)7-9(12)13/h9H,4-8,13H2,1-3H3. The van der Waals surface area contributed by atoms with Gasteiger partial charge in [0, 0.05) is 19.2 Å². The van der Waals surface area contributed by atoms with Crippen LogP contribution in [0, 0.1) is 0 Å². The number of nitrogens with two attached hydrogens (primary N) is 1. The van der Waals surface area contributed by atoms with Crippen molar-refractivity contribution in [3.63, 3.8) is 0 Å². The van der Waals surface area contributed by atoms with Crippen LogP contribution >= 0.6 is 0 Å². The van der Waals surface area contributed by atoms with E-state index in [9.17, 15) is 4.79 Å². The van der Waals surface area contributed by atoms with Crippen molar-refractivity contribution in [3.8, 4) is 0 Å². The van der Waals surface area contributed by atoms with E-state index in [-0.39, 0.29) is 17.7 Å². The fourth-order valence-electron chi connectivity index (χ4n) is 2.26. The first-order chi connectivity index (χ1) is 7.85. The summed E-state index contributed by atoms with van der Waals surface area (Å²) in [5.41, 5.74) is 5.19. The second kappa shape index (κ2) is 4.14. The number of carbonyl (C=O) groups excluding carboxylic acids is 1. The van der Waals surface area contributed by atoms with Crippen molar-refractivity contribution in [2.75, 3.05) is 19.8 Å². The number of nitrogens with zero attached hydrogens (tertiary/aromatic N) is 1. The Kier molecular flexibility index (Phi) is 3.08. The fraction of sp³-hybridized carbons (Fsp3) is 0.917. The molecule has 1 amide bonds. The van der Waals surface area contributed by atoms with E-state index >= 15 is 0 Å². The highest BCUT2D eigenvalue weighted by atomic mass is 16.6. The van der Waals surface area contributed by atoms with Crippen LogP contribution in [0.1, 0.15) is 33.6 Å². The molecule has 17 heavy (non-hydrogen) atoms. The number of rotatable bonds is 0. The van der Waals surface area contributed by atoms with E-state index in [0.717, 1.165) is 12.8 Å². The molecular weight excluding hydrogens is 220 g/mol. The third-order valence-electron chi connectivity index (χ3n) is 3.28. The molecule has 5 heteroatoms. The van der Waals surface area contributed by atoms with Gasteiger partial charge in [-0.1, -0.05) is 0 Å². The zero-order valence-corrected chi connectivity index (χ0v) is 10.9. The summed E-state index contributed by atoms with van der Waals surface area (Å²) in [6.07, 6.45) is 1.39. The highest BCUT2D eigenvalue weighted by molar-refractivity contribution is 5.70. The summed E-state index contributed by atoms with van der Waals surface area (Å²) in [4.78, 5) is 13.9. The van der Waals surface area contributed by atoms with Gasteiger partial charge in [0.25, 0.3) is 0 Å². The first-order valence-corrected chi connectivity index (χ1v) is 6.19. The molecule has 98 valence electrons. The Hall–Kier alpha value is -0.810. The first-order valence-electron chi connectivity index (χ1n) is 6.19. The Bertz CT molecular complexity index is 313. The Balaban J connectivity index is 2.09. The second-order valence-corrected chi connectivity index (χ2v) is 5.95. The van der Waals surface area contributed by atoms with Gasteiger partial charge < -0.3 is 15.2 Å². The van der Waals surface area contributed by atoms with Crippen molar-refractivity contribution in [2.24, 2.45) is 5.73 Å². The van der Waals surface area contributed by atoms with Crippen LogP contribution in [0.25, 0.3) is 0 Å². The summed E-state index contributed by atoms with van der Waals surface area (Å²) < 4.78 is 11.0. The van der Waals surface area contributed by atoms with Crippen LogP contribution < -0.4 is 5.73 Å². The fourth-order valence-corrected chi connectivity index (χ4v) is 2.26. The van der Waals surface area contributed by atoms with Crippen LogP contribution in [-0.2, 0) is 9.47 Å². The predicted molar refractivity (Wildman–Crippen MR) is 63.7 cm³/mol.